The minimum absolute atomic E-state index is 0.00325. The van der Waals surface area contributed by atoms with Gasteiger partial charge in [0.2, 0.25) is 0 Å². The standard InChI is InChI=1S/C11H7F2N3O2/c12-8-2-1-6(3-9(8)13)16-10-7(11(17)18)4-14-5-15-10/h1-5H,(H,17,18)(H,14,15,16). The van der Waals surface area contributed by atoms with Crippen LogP contribution in [0.3, 0.4) is 0 Å². The van der Waals surface area contributed by atoms with Crippen LogP contribution >= 0.6 is 0 Å². The van der Waals surface area contributed by atoms with Crippen LogP contribution in [0.25, 0.3) is 0 Å². The molecule has 18 heavy (non-hydrogen) atoms. The number of hydrogen-bond acceptors (Lipinski definition) is 4. The Morgan fingerprint density at radius 1 is 1.28 bits per heavy atom. The number of carboxylic acids is 1. The van der Waals surface area contributed by atoms with Gasteiger partial charge < -0.3 is 10.4 Å². The lowest BCUT2D eigenvalue weighted by molar-refractivity contribution is 0.0697. The van der Waals surface area contributed by atoms with Crippen LogP contribution in [0.5, 0.6) is 0 Å². The maximum absolute atomic E-state index is 13.0. The van der Waals surface area contributed by atoms with E-state index in [1.165, 1.54) is 6.07 Å². The minimum atomic E-state index is -1.22. The van der Waals surface area contributed by atoms with Crippen molar-refractivity contribution >= 4 is 17.5 Å². The number of nitrogens with one attached hydrogen (secondary N) is 1. The Labute approximate surface area is 100 Å². The Hall–Kier alpha value is -2.57. The summed E-state index contributed by atoms with van der Waals surface area (Å²) >= 11 is 0. The topological polar surface area (TPSA) is 75.1 Å². The Balaban J connectivity index is 2.34. The van der Waals surface area contributed by atoms with Gasteiger partial charge in [-0.15, -0.1) is 0 Å². The SMILES string of the molecule is O=C(O)c1cncnc1Nc1ccc(F)c(F)c1. The molecule has 0 aliphatic rings. The van der Waals surface area contributed by atoms with Gasteiger partial charge in [0.25, 0.3) is 0 Å². The van der Waals surface area contributed by atoms with E-state index >= 15 is 0 Å². The third-order valence-electron chi connectivity index (χ3n) is 2.13. The van der Waals surface area contributed by atoms with E-state index in [4.69, 9.17) is 5.11 Å². The van der Waals surface area contributed by atoms with Crippen LogP contribution in [-0.4, -0.2) is 21.0 Å². The Morgan fingerprint density at radius 2 is 2.06 bits per heavy atom. The molecule has 92 valence electrons. The molecule has 2 N–H and O–H groups in total. The molecule has 0 saturated heterocycles. The van der Waals surface area contributed by atoms with Crippen LogP contribution in [0.4, 0.5) is 20.3 Å². The zero-order valence-corrected chi connectivity index (χ0v) is 8.89. The van der Waals surface area contributed by atoms with E-state index in [9.17, 15) is 13.6 Å². The van der Waals surface area contributed by atoms with Crippen molar-refractivity contribution in [1.82, 2.24) is 9.97 Å². The number of halogens is 2. The highest BCUT2D eigenvalue weighted by atomic mass is 19.2. The summed E-state index contributed by atoms with van der Waals surface area (Å²) in [7, 11) is 0. The fourth-order valence-electron chi connectivity index (χ4n) is 1.30. The van der Waals surface area contributed by atoms with Gasteiger partial charge >= 0.3 is 5.97 Å². The average molecular weight is 251 g/mol. The molecule has 1 heterocycles. The summed E-state index contributed by atoms with van der Waals surface area (Å²) in [6.45, 7) is 0. The molecule has 2 aromatic rings. The van der Waals surface area contributed by atoms with Gasteiger partial charge in [-0.2, -0.15) is 0 Å². The molecule has 0 aliphatic heterocycles. The highest BCUT2D eigenvalue weighted by Crippen LogP contribution is 2.19. The van der Waals surface area contributed by atoms with Crippen molar-refractivity contribution in [1.29, 1.82) is 0 Å². The first-order valence-electron chi connectivity index (χ1n) is 4.83. The van der Waals surface area contributed by atoms with Gasteiger partial charge in [-0.05, 0) is 12.1 Å². The smallest absolute Gasteiger partial charge is 0.341 e. The van der Waals surface area contributed by atoms with Crippen LogP contribution in [-0.2, 0) is 0 Å². The summed E-state index contributed by atoms with van der Waals surface area (Å²) in [5.41, 5.74) is 0.0253. The number of rotatable bonds is 3. The zero-order chi connectivity index (χ0) is 13.1. The third kappa shape index (κ3) is 2.40. The molecular weight excluding hydrogens is 244 g/mol. The maximum atomic E-state index is 13.0. The number of nitrogens with zero attached hydrogens (tertiary/aromatic N) is 2. The summed E-state index contributed by atoms with van der Waals surface area (Å²) in [6, 6.07) is 3.11. The summed E-state index contributed by atoms with van der Waals surface area (Å²) in [4.78, 5) is 18.2. The monoisotopic (exact) mass is 251 g/mol. The number of aromatic carboxylic acids is 1. The fraction of sp³-hybridized carbons (Fsp3) is 0. The van der Waals surface area contributed by atoms with Gasteiger partial charge in [0, 0.05) is 18.0 Å². The predicted molar refractivity (Wildman–Crippen MR) is 58.6 cm³/mol. The molecule has 2 rings (SSSR count). The Bertz CT molecular complexity index is 605. The molecule has 5 nitrogen and oxygen atoms in total. The van der Waals surface area contributed by atoms with Crippen molar-refractivity contribution in [2.45, 2.75) is 0 Å². The predicted octanol–water partition coefficient (Wildman–Crippen LogP) is 2.20. The van der Waals surface area contributed by atoms with Crippen molar-refractivity contribution in [2.24, 2.45) is 0 Å². The number of hydrogen-bond donors (Lipinski definition) is 2. The van der Waals surface area contributed by atoms with Crippen LogP contribution < -0.4 is 5.32 Å². The molecule has 7 heteroatoms. The summed E-state index contributed by atoms with van der Waals surface area (Å²) in [5.74, 6) is -3.24. The van der Waals surface area contributed by atoms with Gasteiger partial charge in [0.1, 0.15) is 17.7 Å². The highest BCUT2D eigenvalue weighted by molar-refractivity contribution is 5.93. The molecule has 1 aromatic heterocycles. The summed E-state index contributed by atoms with van der Waals surface area (Å²) in [5, 5.41) is 11.5. The van der Waals surface area contributed by atoms with Gasteiger partial charge in [0.15, 0.2) is 11.6 Å². The number of carbonyl (C=O) groups is 1. The summed E-state index contributed by atoms with van der Waals surface area (Å²) in [6.07, 6.45) is 2.26. The molecule has 0 amide bonds. The van der Waals surface area contributed by atoms with E-state index in [0.29, 0.717) is 0 Å². The molecular formula is C11H7F2N3O2. The molecule has 0 bridgehead atoms. The molecule has 0 radical (unpaired) electrons. The van der Waals surface area contributed by atoms with E-state index in [-0.39, 0.29) is 17.1 Å². The van der Waals surface area contributed by atoms with Crippen LogP contribution in [0, 0.1) is 11.6 Å². The lowest BCUT2D eigenvalue weighted by Crippen LogP contribution is -2.05. The molecule has 0 atom stereocenters. The largest absolute Gasteiger partial charge is 0.477 e. The van der Waals surface area contributed by atoms with Crippen LogP contribution in [0.15, 0.2) is 30.7 Å². The van der Waals surface area contributed by atoms with E-state index in [1.54, 1.807) is 0 Å². The highest BCUT2D eigenvalue weighted by Gasteiger charge is 2.12. The van der Waals surface area contributed by atoms with Crippen LogP contribution in [0.2, 0.25) is 0 Å². The molecule has 0 saturated carbocycles. The van der Waals surface area contributed by atoms with Gasteiger partial charge in [0.05, 0.1) is 0 Å². The van der Waals surface area contributed by atoms with E-state index < -0.39 is 17.6 Å². The quantitative estimate of drug-likeness (QED) is 0.874. The summed E-state index contributed by atoms with van der Waals surface area (Å²) < 4.78 is 25.7. The minimum Gasteiger partial charge on any atom is -0.477 e. The second-order valence-electron chi connectivity index (χ2n) is 3.34. The lowest BCUT2D eigenvalue weighted by Gasteiger charge is -2.07. The van der Waals surface area contributed by atoms with E-state index in [0.717, 1.165) is 24.7 Å². The van der Waals surface area contributed by atoms with Crippen molar-refractivity contribution in [3.63, 3.8) is 0 Å². The van der Waals surface area contributed by atoms with Gasteiger partial charge in [-0.3, -0.25) is 0 Å². The second kappa shape index (κ2) is 4.74. The fourth-order valence-corrected chi connectivity index (χ4v) is 1.30. The van der Waals surface area contributed by atoms with Gasteiger partial charge in [-0.25, -0.2) is 23.5 Å². The maximum Gasteiger partial charge on any atom is 0.341 e. The number of anilines is 2. The van der Waals surface area contributed by atoms with Crippen molar-refractivity contribution in [2.75, 3.05) is 5.32 Å². The Kier molecular flexibility index (Phi) is 3.13. The molecule has 0 aliphatic carbocycles. The molecule has 0 spiro atoms. The molecule has 0 fully saturated rings. The number of benzene rings is 1. The average Bonchev–Trinajstić information content (AvgIpc) is 2.34. The van der Waals surface area contributed by atoms with Gasteiger partial charge in [-0.1, -0.05) is 0 Å². The Morgan fingerprint density at radius 3 is 2.72 bits per heavy atom. The molecule has 1 aromatic carbocycles. The van der Waals surface area contributed by atoms with Crippen molar-refractivity contribution < 1.29 is 18.7 Å². The lowest BCUT2D eigenvalue weighted by atomic mass is 10.2. The van der Waals surface area contributed by atoms with Crippen LogP contribution in [0.1, 0.15) is 10.4 Å². The first-order chi connectivity index (χ1) is 8.58. The first kappa shape index (κ1) is 11.9. The second-order valence-corrected chi connectivity index (χ2v) is 3.34. The van der Waals surface area contributed by atoms with Crippen molar-refractivity contribution in [3.05, 3.63) is 47.9 Å². The normalized spacial score (nSPS) is 10.1. The van der Waals surface area contributed by atoms with Crippen molar-refractivity contribution in [3.8, 4) is 0 Å². The number of carboxylic acid groups (broad SMARTS) is 1. The van der Waals surface area contributed by atoms with E-state index in [2.05, 4.69) is 15.3 Å². The third-order valence-corrected chi connectivity index (χ3v) is 2.13. The molecule has 0 unspecified atom stereocenters. The number of aromatic nitrogens is 2. The van der Waals surface area contributed by atoms with E-state index in [1.807, 2.05) is 0 Å². The zero-order valence-electron chi connectivity index (χ0n) is 8.89. The first-order valence-corrected chi connectivity index (χ1v) is 4.83.